The molecule has 2 atom stereocenters. The zero-order chi connectivity index (χ0) is 16.2. The van der Waals surface area contributed by atoms with Gasteiger partial charge in [-0.25, -0.2) is 0 Å². The monoisotopic (exact) mass is 302 g/mol. The van der Waals surface area contributed by atoms with Crippen LogP contribution in [0, 0.1) is 0 Å². The van der Waals surface area contributed by atoms with E-state index in [0.29, 0.717) is 0 Å². The van der Waals surface area contributed by atoms with E-state index in [0.717, 1.165) is 38.7 Å². The second-order valence-electron chi connectivity index (χ2n) is 7.10. The first-order valence-electron chi connectivity index (χ1n) is 8.40. The van der Waals surface area contributed by atoms with Gasteiger partial charge in [0.1, 0.15) is 0 Å². The summed E-state index contributed by atoms with van der Waals surface area (Å²) in [5.74, 6) is 0. The first-order chi connectivity index (χ1) is 10.4. The summed E-state index contributed by atoms with van der Waals surface area (Å²) >= 11 is 0. The standard InChI is InChI=1S/C20H30O2/c1-15-7-5-11-20(4,21)12-6-8-16(2)13-19-18(10-9-15)17(3)14-22-19/h6-7,12-13,19,21H,5,8-11,14H2,1-4H3/b12-6+,15-7-,16-13+/t19-,20-/m0/s1. The summed E-state index contributed by atoms with van der Waals surface area (Å²) in [6.45, 7) is 9.18. The molecule has 1 heterocycles. The Morgan fingerprint density at radius 3 is 2.73 bits per heavy atom. The number of aliphatic hydroxyl groups is 1. The number of allylic oxidation sites excluding steroid dienone is 4. The third-order valence-corrected chi connectivity index (χ3v) is 4.66. The fourth-order valence-corrected chi connectivity index (χ4v) is 3.11. The Labute approximate surface area is 135 Å². The van der Waals surface area contributed by atoms with Gasteiger partial charge in [-0.05, 0) is 70.9 Å². The largest absolute Gasteiger partial charge is 0.386 e. The third-order valence-electron chi connectivity index (χ3n) is 4.66. The third kappa shape index (κ3) is 4.96. The minimum atomic E-state index is -0.716. The molecule has 0 fully saturated rings. The lowest BCUT2D eigenvalue weighted by molar-refractivity contribution is 0.103. The van der Waals surface area contributed by atoms with Crippen molar-refractivity contribution in [2.24, 2.45) is 0 Å². The Kier molecular flexibility index (Phi) is 5.82. The molecule has 0 aromatic carbocycles. The molecule has 1 N–H and O–H groups in total. The van der Waals surface area contributed by atoms with Crippen LogP contribution in [0.1, 0.15) is 59.8 Å². The number of ether oxygens (including phenoxy) is 1. The van der Waals surface area contributed by atoms with E-state index in [1.807, 2.05) is 13.0 Å². The number of fused-ring (bicyclic) bond motifs is 1. The van der Waals surface area contributed by atoms with Gasteiger partial charge in [0.2, 0.25) is 0 Å². The lowest BCUT2D eigenvalue weighted by Gasteiger charge is -2.19. The molecule has 0 saturated heterocycles. The van der Waals surface area contributed by atoms with E-state index in [-0.39, 0.29) is 6.10 Å². The van der Waals surface area contributed by atoms with Gasteiger partial charge < -0.3 is 9.84 Å². The molecule has 2 rings (SSSR count). The highest BCUT2D eigenvalue weighted by atomic mass is 16.5. The molecule has 122 valence electrons. The van der Waals surface area contributed by atoms with E-state index >= 15 is 0 Å². The normalized spacial score (nSPS) is 37.6. The molecule has 0 aromatic rings. The fraction of sp³-hybridized carbons (Fsp3) is 0.600. The highest BCUT2D eigenvalue weighted by Gasteiger charge is 2.22. The molecule has 2 aliphatic rings. The van der Waals surface area contributed by atoms with Gasteiger partial charge in [-0.1, -0.05) is 35.5 Å². The van der Waals surface area contributed by atoms with Gasteiger partial charge in [0.15, 0.2) is 0 Å². The van der Waals surface area contributed by atoms with Crippen molar-refractivity contribution in [3.63, 3.8) is 0 Å². The van der Waals surface area contributed by atoms with Crippen LogP contribution in [0.25, 0.3) is 0 Å². The summed E-state index contributed by atoms with van der Waals surface area (Å²) in [5, 5.41) is 10.4. The molecule has 1 aliphatic heterocycles. The van der Waals surface area contributed by atoms with Crippen molar-refractivity contribution < 1.29 is 9.84 Å². The summed E-state index contributed by atoms with van der Waals surface area (Å²) in [5.41, 5.74) is 4.84. The first-order valence-corrected chi connectivity index (χ1v) is 8.40. The summed E-state index contributed by atoms with van der Waals surface area (Å²) < 4.78 is 5.93. The Morgan fingerprint density at radius 1 is 1.18 bits per heavy atom. The molecule has 1 aliphatic carbocycles. The van der Waals surface area contributed by atoms with Crippen LogP contribution >= 0.6 is 0 Å². The molecule has 0 bridgehead atoms. The maximum Gasteiger partial charge on any atom is 0.0977 e. The fourth-order valence-electron chi connectivity index (χ4n) is 3.11. The second kappa shape index (κ2) is 7.43. The van der Waals surface area contributed by atoms with Gasteiger partial charge in [0.05, 0.1) is 18.3 Å². The predicted octanol–water partition coefficient (Wildman–Crippen LogP) is 4.87. The SMILES string of the molecule is CC1=C2CC/C(C)=C\CC[C@](C)(O)/C=C/C/C(C)=C/[C@@H]2OC1. The van der Waals surface area contributed by atoms with Crippen LogP contribution in [-0.4, -0.2) is 23.4 Å². The molecule has 22 heavy (non-hydrogen) atoms. The van der Waals surface area contributed by atoms with Gasteiger partial charge in [-0.15, -0.1) is 0 Å². The van der Waals surface area contributed by atoms with E-state index in [2.05, 4.69) is 39.0 Å². The summed E-state index contributed by atoms with van der Waals surface area (Å²) in [6, 6.07) is 0. The van der Waals surface area contributed by atoms with E-state index < -0.39 is 5.60 Å². The average Bonchev–Trinajstić information content (AvgIpc) is 2.76. The van der Waals surface area contributed by atoms with Crippen molar-refractivity contribution in [1.82, 2.24) is 0 Å². The van der Waals surface area contributed by atoms with Crippen LogP contribution in [0.15, 0.2) is 46.6 Å². The zero-order valence-electron chi connectivity index (χ0n) is 14.5. The van der Waals surface area contributed by atoms with Crippen LogP contribution in [0.5, 0.6) is 0 Å². The van der Waals surface area contributed by atoms with E-state index in [1.54, 1.807) is 0 Å². The summed E-state index contributed by atoms with van der Waals surface area (Å²) in [4.78, 5) is 0. The Bertz CT molecular complexity index is 518. The molecular formula is C20H30O2. The van der Waals surface area contributed by atoms with Crippen molar-refractivity contribution in [3.05, 3.63) is 46.6 Å². The number of rotatable bonds is 0. The quantitative estimate of drug-likeness (QED) is 0.647. The Balaban J connectivity index is 2.22. The number of hydrogen-bond donors (Lipinski definition) is 1. The van der Waals surface area contributed by atoms with Crippen LogP contribution in [0.3, 0.4) is 0 Å². The van der Waals surface area contributed by atoms with Gasteiger partial charge in [-0.2, -0.15) is 0 Å². The number of hydrogen-bond acceptors (Lipinski definition) is 2. The zero-order valence-corrected chi connectivity index (χ0v) is 14.5. The van der Waals surface area contributed by atoms with Crippen molar-refractivity contribution >= 4 is 0 Å². The van der Waals surface area contributed by atoms with Crippen molar-refractivity contribution in [1.29, 1.82) is 0 Å². The van der Waals surface area contributed by atoms with Gasteiger partial charge in [0.25, 0.3) is 0 Å². The van der Waals surface area contributed by atoms with Crippen LogP contribution in [-0.2, 0) is 4.74 Å². The highest BCUT2D eigenvalue weighted by molar-refractivity contribution is 5.29. The van der Waals surface area contributed by atoms with Crippen LogP contribution in [0.2, 0.25) is 0 Å². The summed E-state index contributed by atoms with van der Waals surface area (Å²) in [6.07, 6.45) is 13.4. The van der Waals surface area contributed by atoms with E-state index in [9.17, 15) is 5.11 Å². The van der Waals surface area contributed by atoms with Crippen molar-refractivity contribution in [3.8, 4) is 0 Å². The van der Waals surface area contributed by atoms with Gasteiger partial charge >= 0.3 is 0 Å². The Morgan fingerprint density at radius 2 is 1.95 bits per heavy atom. The lowest BCUT2D eigenvalue weighted by Crippen LogP contribution is -2.20. The second-order valence-corrected chi connectivity index (χ2v) is 7.10. The topological polar surface area (TPSA) is 29.5 Å². The summed E-state index contributed by atoms with van der Waals surface area (Å²) in [7, 11) is 0. The molecular weight excluding hydrogens is 272 g/mol. The maximum atomic E-state index is 10.4. The molecule has 0 radical (unpaired) electrons. The molecule has 0 saturated carbocycles. The molecule has 2 heteroatoms. The van der Waals surface area contributed by atoms with Crippen LogP contribution in [0.4, 0.5) is 0 Å². The maximum absolute atomic E-state index is 10.4. The van der Waals surface area contributed by atoms with Crippen LogP contribution < -0.4 is 0 Å². The molecule has 0 unspecified atom stereocenters. The van der Waals surface area contributed by atoms with E-state index in [1.165, 1.54) is 22.3 Å². The first kappa shape index (κ1) is 17.2. The average molecular weight is 302 g/mol. The molecule has 0 amide bonds. The van der Waals surface area contributed by atoms with Gasteiger partial charge in [0, 0.05) is 0 Å². The van der Waals surface area contributed by atoms with Crippen molar-refractivity contribution in [2.75, 3.05) is 6.61 Å². The van der Waals surface area contributed by atoms with Gasteiger partial charge in [-0.3, -0.25) is 0 Å². The van der Waals surface area contributed by atoms with Crippen molar-refractivity contribution in [2.45, 2.75) is 71.5 Å². The smallest absolute Gasteiger partial charge is 0.0977 e. The molecule has 2 nitrogen and oxygen atoms in total. The highest BCUT2D eigenvalue weighted by Crippen LogP contribution is 2.29. The minimum Gasteiger partial charge on any atom is -0.386 e. The predicted molar refractivity (Wildman–Crippen MR) is 92.8 cm³/mol. The van der Waals surface area contributed by atoms with E-state index in [4.69, 9.17) is 4.74 Å². The Hall–Kier alpha value is -1.12. The minimum absolute atomic E-state index is 0.143. The lowest BCUT2D eigenvalue weighted by atomic mass is 9.94. The molecule has 0 spiro atoms. The molecule has 0 aromatic heterocycles.